The van der Waals surface area contributed by atoms with Gasteiger partial charge >= 0.3 is 0 Å². The van der Waals surface area contributed by atoms with Crippen molar-refractivity contribution in [2.75, 3.05) is 23.8 Å². The van der Waals surface area contributed by atoms with E-state index in [0.717, 1.165) is 30.0 Å². The van der Waals surface area contributed by atoms with E-state index >= 15 is 0 Å². The van der Waals surface area contributed by atoms with Gasteiger partial charge in [-0.1, -0.05) is 39.0 Å². The van der Waals surface area contributed by atoms with Crippen LogP contribution in [-0.4, -0.2) is 34.7 Å². The lowest BCUT2D eigenvalue weighted by molar-refractivity contribution is 0.102. The van der Waals surface area contributed by atoms with Crippen LogP contribution >= 0.6 is 0 Å². The third-order valence-electron chi connectivity index (χ3n) is 4.74. The second kappa shape index (κ2) is 8.82. The number of likely N-dealkylation sites (N-methyl/N-ethyl adjacent to an activating group) is 1. The summed E-state index contributed by atoms with van der Waals surface area (Å²) in [5, 5.41) is 11.3. The molecule has 0 saturated heterocycles. The Balaban J connectivity index is 1.65. The van der Waals surface area contributed by atoms with E-state index in [0.29, 0.717) is 5.69 Å². The van der Waals surface area contributed by atoms with Gasteiger partial charge in [0.05, 0.1) is 0 Å². The van der Waals surface area contributed by atoms with Gasteiger partial charge in [0.1, 0.15) is 0 Å². The molecular formula is C23H27N5O. The maximum Gasteiger partial charge on any atom is 0.276 e. The molecule has 2 aromatic heterocycles. The zero-order chi connectivity index (χ0) is 20.9. The number of para-hydroxylation sites is 1. The Labute approximate surface area is 172 Å². The Bertz CT molecular complexity index is 949. The quantitative estimate of drug-likeness (QED) is 0.687. The van der Waals surface area contributed by atoms with Crippen molar-refractivity contribution in [1.82, 2.24) is 15.2 Å². The van der Waals surface area contributed by atoms with Gasteiger partial charge in [0, 0.05) is 31.7 Å². The van der Waals surface area contributed by atoms with Crippen LogP contribution in [-0.2, 0) is 11.8 Å². The Morgan fingerprint density at radius 3 is 2.38 bits per heavy atom. The minimum Gasteiger partial charge on any atom is -0.358 e. The molecular weight excluding hydrogens is 362 g/mol. The molecule has 3 aromatic rings. The van der Waals surface area contributed by atoms with Crippen LogP contribution in [0.1, 0.15) is 42.4 Å². The highest BCUT2D eigenvalue weighted by Gasteiger charge is 2.19. The zero-order valence-electron chi connectivity index (χ0n) is 17.4. The fourth-order valence-electron chi connectivity index (χ4n) is 3.04. The average Bonchev–Trinajstić information content (AvgIpc) is 2.72. The normalized spacial score (nSPS) is 11.2. The number of nitrogens with zero attached hydrogens (tertiary/aromatic N) is 4. The van der Waals surface area contributed by atoms with Crippen LogP contribution in [0.5, 0.6) is 0 Å². The number of hydrogen-bond donors (Lipinski definition) is 1. The summed E-state index contributed by atoms with van der Waals surface area (Å²) in [6.45, 7) is 7.15. The minimum absolute atomic E-state index is 0.0725. The van der Waals surface area contributed by atoms with Crippen molar-refractivity contribution < 1.29 is 4.79 Å². The molecule has 2 heterocycles. The SMILES string of the molecule is CN(CCc1ccncc1)c1ccc(C(=O)Nc2ccccc2C(C)(C)C)nn1. The van der Waals surface area contributed by atoms with Gasteiger partial charge in [0.15, 0.2) is 11.5 Å². The Hall–Kier alpha value is -3.28. The molecule has 150 valence electrons. The summed E-state index contributed by atoms with van der Waals surface area (Å²) in [5.41, 5.74) is 3.31. The fourth-order valence-corrected chi connectivity index (χ4v) is 3.04. The van der Waals surface area contributed by atoms with E-state index in [9.17, 15) is 4.79 Å². The molecule has 0 aliphatic heterocycles. The highest BCUT2D eigenvalue weighted by atomic mass is 16.1. The molecule has 0 spiro atoms. The summed E-state index contributed by atoms with van der Waals surface area (Å²) in [5.74, 6) is 0.464. The van der Waals surface area contributed by atoms with Gasteiger partial charge in [-0.25, -0.2) is 0 Å². The summed E-state index contributed by atoms with van der Waals surface area (Å²) >= 11 is 0. The Kier molecular flexibility index (Phi) is 6.22. The van der Waals surface area contributed by atoms with Crippen molar-refractivity contribution in [2.45, 2.75) is 32.6 Å². The highest BCUT2D eigenvalue weighted by Crippen LogP contribution is 2.29. The van der Waals surface area contributed by atoms with Crippen molar-refractivity contribution >= 4 is 17.4 Å². The first kappa shape index (κ1) is 20.5. The van der Waals surface area contributed by atoms with E-state index in [2.05, 4.69) is 41.3 Å². The lowest BCUT2D eigenvalue weighted by Gasteiger charge is -2.23. The largest absolute Gasteiger partial charge is 0.358 e. The number of pyridine rings is 1. The average molecular weight is 390 g/mol. The molecule has 0 aliphatic rings. The van der Waals surface area contributed by atoms with Gasteiger partial charge in [-0.2, -0.15) is 0 Å². The number of anilines is 2. The van der Waals surface area contributed by atoms with Crippen molar-refractivity contribution in [1.29, 1.82) is 0 Å². The summed E-state index contributed by atoms with van der Waals surface area (Å²) < 4.78 is 0. The van der Waals surface area contributed by atoms with Gasteiger partial charge < -0.3 is 10.2 Å². The molecule has 3 rings (SSSR count). The molecule has 0 bridgehead atoms. The van der Waals surface area contributed by atoms with Crippen LogP contribution < -0.4 is 10.2 Å². The van der Waals surface area contributed by atoms with Crippen molar-refractivity contribution in [3.05, 3.63) is 77.7 Å². The predicted molar refractivity (Wildman–Crippen MR) is 116 cm³/mol. The summed E-state index contributed by atoms with van der Waals surface area (Å²) in [4.78, 5) is 18.7. The van der Waals surface area contributed by atoms with Gasteiger partial charge in [-0.3, -0.25) is 9.78 Å². The first-order valence-electron chi connectivity index (χ1n) is 9.69. The number of aromatic nitrogens is 3. The molecule has 1 aromatic carbocycles. The highest BCUT2D eigenvalue weighted by molar-refractivity contribution is 6.03. The first-order chi connectivity index (χ1) is 13.8. The van der Waals surface area contributed by atoms with E-state index < -0.39 is 0 Å². The van der Waals surface area contributed by atoms with Crippen molar-refractivity contribution in [3.8, 4) is 0 Å². The molecule has 0 atom stereocenters. The topological polar surface area (TPSA) is 71.0 Å². The summed E-state index contributed by atoms with van der Waals surface area (Å²) in [6.07, 6.45) is 4.47. The van der Waals surface area contributed by atoms with Crippen molar-refractivity contribution in [2.24, 2.45) is 0 Å². The zero-order valence-corrected chi connectivity index (χ0v) is 17.4. The van der Waals surface area contributed by atoms with Crippen LogP contribution in [0.3, 0.4) is 0 Å². The Morgan fingerprint density at radius 1 is 1.00 bits per heavy atom. The van der Waals surface area contributed by atoms with Crippen LogP contribution in [0.25, 0.3) is 0 Å². The second-order valence-electron chi connectivity index (χ2n) is 8.05. The van der Waals surface area contributed by atoms with E-state index in [-0.39, 0.29) is 11.3 Å². The molecule has 0 unspecified atom stereocenters. The molecule has 1 N–H and O–H groups in total. The standard InChI is InChI=1S/C23H27N5O/c1-23(2,3)18-7-5-6-8-19(18)25-22(29)20-9-10-21(27-26-20)28(4)16-13-17-11-14-24-15-12-17/h5-12,14-15H,13,16H2,1-4H3,(H,25,29). The third-order valence-corrected chi connectivity index (χ3v) is 4.74. The second-order valence-corrected chi connectivity index (χ2v) is 8.05. The van der Waals surface area contributed by atoms with E-state index in [1.807, 2.05) is 54.4 Å². The van der Waals surface area contributed by atoms with Crippen LogP contribution in [0.15, 0.2) is 60.9 Å². The molecule has 0 fully saturated rings. The number of carbonyl (C=O) groups is 1. The summed E-state index contributed by atoms with van der Waals surface area (Å²) in [7, 11) is 1.96. The fraction of sp³-hybridized carbons (Fsp3) is 0.304. The Morgan fingerprint density at radius 2 is 1.72 bits per heavy atom. The van der Waals surface area contributed by atoms with Crippen LogP contribution in [0, 0.1) is 0 Å². The smallest absolute Gasteiger partial charge is 0.276 e. The first-order valence-corrected chi connectivity index (χ1v) is 9.69. The van der Waals surface area contributed by atoms with E-state index in [1.54, 1.807) is 18.5 Å². The minimum atomic E-state index is -0.264. The van der Waals surface area contributed by atoms with Gasteiger partial charge in [-0.05, 0) is 53.3 Å². The summed E-state index contributed by atoms with van der Waals surface area (Å²) in [6, 6.07) is 15.4. The lowest BCUT2D eigenvalue weighted by atomic mass is 9.86. The van der Waals surface area contributed by atoms with Gasteiger partial charge in [0.25, 0.3) is 5.91 Å². The number of amides is 1. The number of nitrogens with one attached hydrogen (secondary N) is 1. The maximum atomic E-state index is 12.7. The number of rotatable bonds is 6. The third kappa shape index (κ3) is 5.38. The monoisotopic (exact) mass is 389 g/mol. The van der Waals surface area contributed by atoms with Crippen molar-refractivity contribution in [3.63, 3.8) is 0 Å². The van der Waals surface area contributed by atoms with Crippen LogP contribution in [0.4, 0.5) is 11.5 Å². The molecule has 0 aliphatic carbocycles. The maximum absolute atomic E-state index is 12.7. The van der Waals surface area contributed by atoms with Gasteiger partial charge in [0.2, 0.25) is 0 Å². The van der Waals surface area contributed by atoms with Crippen LogP contribution in [0.2, 0.25) is 0 Å². The molecule has 6 nitrogen and oxygen atoms in total. The lowest BCUT2D eigenvalue weighted by Crippen LogP contribution is -2.23. The van der Waals surface area contributed by atoms with E-state index in [1.165, 1.54) is 5.56 Å². The van der Waals surface area contributed by atoms with Gasteiger partial charge in [-0.15, -0.1) is 10.2 Å². The molecule has 1 amide bonds. The molecule has 29 heavy (non-hydrogen) atoms. The molecule has 6 heteroatoms. The number of benzene rings is 1. The number of hydrogen-bond acceptors (Lipinski definition) is 5. The van der Waals surface area contributed by atoms with E-state index in [4.69, 9.17) is 0 Å². The predicted octanol–water partition coefficient (Wildman–Crippen LogP) is 4.10. The molecule has 0 saturated carbocycles. The number of carbonyl (C=O) groups excluding carboxylic acids is 1. The molecule has 0 radical (unpaired) electrons.